The van der Waals surface area contributed by atoms with Gasteiger partial charge in [-0.2, -0.15) is 43.9 Å². The van der Waals surface area contributed by atoms with E-state index in [1.54, 1.807) is 0 Å². The lowest BCUT2D eigenvalue weighted by Crippen LogP contribution is -2.44. The molecule has 0 aromatic rings. The van der Waals surface area contributed by atoms with Crippen LogP contribution in [-0.4, -0.2) is 37.8 Å². The van der Waals surface area contributed by atoms with Gasteiger partial charge in [-0.05, 0) is 0 Å². The van der Waals surface area contributed by atoms with Gasteiger partial charge in [0.05, 0.1) is 6.61 Å². The molecule has 0 bridgehead atoms. The summed E-state index contributed by atoms with van der Waals surface area (Å²) in [5.41, 5.74) is 0. The number of allylic oxidation sites excluding steroid dienone is 1. The third-order valence-electron chi connectivity index (χ3n) is 1.61. The Kier molecular flexibility index (Phi) is 6.26. The zero-order valence-corrected chi connectivity index (χ0v) is 9.47. The fourth-order valence-electron chi connectivity index (χ4n) is 0.748. The third-order valence-corrected chi connectivity index (χ3v) is 1.61. The van der Waals surface area contributed by atoms with Gasteiger partial charge in [0.25, 0.3) is 12.0 Å². The second kappa shape index (κ2) is 6.66. The van der Waals surface area contributed by atoms with Crippen LogP contribution in [-0.2, 0) is 9.47 Å². The maximum absolute atomic E-state index is 12.5. The third kappa shape index (κ3) is 6.35. The Morgan fingerprint density at radius 1 is 0.857 bits per heavy atom. The van der Waals surface area contributed by atoms with Gasteiger partial charge in [0.1, 0.15) is 6.61 Å². The Morgan fingerprint density at radius 2 is 1.33 bits per heavy atom. The van der Waals surface area contributed by atoms with Gasteiger partial charge >= 0.3 is 24.5 Å². The molecule has 0 N–H and O–H groups in total. The Morgan fingerprint density at radius 3 is 1.71 bits per heavy atom. The Balaban J connectivity index is 4.40. The second-order valence-corrected chi connectivity index (χ2v) is 3.25. The molecule has 13 heteroatoms. The van der Waals surface area contributed by atoms with Crippen molar-refractivity contribution in [3.63, 3.8) is 0 Å². The Hall–Kier alpha value is -1.27. The molecular formula is C8H5F11O2. The monoisotopic (exact) mass is 342 g/mol. The second-order valence-electron chi connectivity index (χ2n) is 3.25. The molecule has 0 rings (SSSR count). The van der Waals surface area contributed by atoms with Crippen molar-refractivity contribution >= 4 is 0 Å². The van der Waals surface area contributed by atoms with Crippen molar-refractivity contribution in [1.82, 2.24) is 0 Å². The molecule has 0 aliphatic carbocycles. The summed E-state index contributed by atoms with van der Waals surface area (Å²) in [5.74, 6) is -3.31. The van der Waals surface area contributed by atoms with E-state index in [1.807, 2.05) is 0 Å². The smallest absolute Gasteiger partial charge is 0.449 e. The highest BCUT2D eigenvalue weighted by atomic mass is 19.4. The van der Waals surface area contributed by atoms with E-state index in [4.69, 9.17) is 0 Å². The molecule has 21 heavy (non-hydrogen) atoms. The number of ether oxygens (including phenoxy) is 2. The van der Waals surface area contributed by atoms with Crippen LogP contribution in [0.25, 0.3) is 0 Å². The average Bonchev–Trinajstić information content (AvgIpc) is 2.30. The maximum atomic E-state index is 12.5. The van der Waals surface area contributed by atoms with Crippen molar-refractivity contribution in [1.29, 1.82) is 0 Å². The first-order chi connectivity index (χ1) is 9.19. The normalized spacial score (nSPS) is 16.5. The van der Waals surface area contributed by atoms with Crippen molar-refractivity contribution in [3.05, 3.63) is 11.8 Å². The lowest BCUT2D eigenvalue weighted by molar-refractivity contribution is -0.337. The summed E-state index contributed by atoms with van der Waals surface area (Å²) in [6, 6.07) is -2.83. The first kappa shape index (κ1) is 19.7. The molecular weight excluding hydrogens is 337 g/mol. The van der Waals surface area contributed by atoms with Gasteiger partial charge in [-0.25, -0.2) is 4.39 Å². The minimum absolute atomic E-state index is 1.52. The van der Waals surface area contributed by atoms with E-state index in [0.29, 0.717) is 0 Å². The standard InChI is InChI=1S/C8H5F11O2/c9-3(6(12,13)14)4(10)20-1-2-21-8(18,19)5(11)7(15,16)17/h5H,1-2H2/b4-3-. The van der Waals surface area contributed by atoms with E-state index in [1.165, 1.54) is 0 Å². The maximum Gasteiger partial charge on any atom is 0.449 e. The summed E-state index contributed by atoms with van der Waals surface area (Å²) < 4.78 is 137. The molecule has 2 nitrogen and oxygen atoms in total. The molecule has 0 radical (unpaired) electrons. The molecule has 0 aromatic carbocycles. The SMILES string of the molecule is F/C(OCCOC(F)(F)C(F)C(F)(F)F)=C(/F)C(F)(F)F. The van der Waals surface area contributed by atoms with Gasteiger partial charge < -0.3 is 9.47 Å². The van der Waals surface area contributed by atoms with Gasteiger partial charge in [-0.1, -0.05) is 0 Å². The van der Waals surface area contributed by atoms with Crippen LogP contribution < -0.4 is 0 Å². The number of halogens is 11. The highest BCUT2D eigenvalue weighted by Gasteiger charge is 2.58. The van der Waals surface area contributed by atoms with E-state index in [-0.39, 0.29) is 0 Å². The van der Waals surface area contributed by atoms with Crippen LogP contribution in [0.5, 0.6) is 0 Å². The van der Waals surface area contributed by atoms with E-state index in [9.17, 15) is 48.3 Å². The van der Waals surface area contributed by atoms with Gasteiger partial charge in [-0.3, -0.25) is 0 Å². The van der Waals surface area contributed by atoms with Crippen molar-refractivity contribution in [2.75, 3.05) is 13.2 Å². The molecule has 1 unspecified atom stereocenters. The summed E-state index contributed by atoms with van der Waals surface area (Å²) >= 11 is 0. The summed E-state index contributed by atoms with van der Waals surface area (Å²) in [6.07, 6.45) is -21.8. The van der Waals surface area contributed by atoms with Crippen LogP contribution in [0.3, 0.4) is 0 Å². The molecule has 0 fully saturated rings. The zero-order chi connectivity index (χ0) is 17.1. The van der Waals surface area contributed by atoms with Crippen molar-refractivity contribution < 1.29 is 57.8 Å². The molecule has 1 atom stereocenters. The minimum Gasteiger partial charge on any atom is -0.466 e. The van der Waals surface area contributed by atoms with Crippen LogP contribution in [0.2, 0.25) is 0 Å². The molecule has 0 aliphatic rings. The van der Waals surface area contributed by atoms with Crippen LogP contribution in [0.15, 0.2) is 11.8 Å². The molecule has 126 valence electrons. The van der Waals surface area contributed by atoms with Gasteiger partial charge in [0, 0.05) is 0 Å². The fourth-order valence-corrected chi connectivity index (χ4v) is 0.748. The fraction of sp³-hybridized carbons (Fsp3) is 0.750. The molecule has 0 amide bonds. The van der Waals surface area contributed by atoms with Crippen LogP contribution in [0, 0.1) is 0 Å². The van der Waals surface area contributed by atoms with Gasteiger partial charge in [0.2, 0.25) is 0 Å². The molecule has 0 spiro atoms. The van der Waals surface area contributed by atoms with Crippen molar-refractivity contribution in [3.8, 4) is 0 Å². The summed E-state index contributed by atoms with van der Waals surface area (Å²) in [6.45, 7) is -3.16. The highest BCUT2D eigenvalue weighted by Crippen LogP contribution is 2.35. The zero-order valence-electron chi connectivity index (χ0n) is 9.47. The van der Waals surface area contributed by atoms with E-state index in [0.717, 1.165) is 0 Å². The minimum atomic E-state index is -5.96. The number of hydrogen-bond acceptors (Lipinski definition) is 2. The molecule has 0 saturated heterocycles. The largest absolute Gasteiger partial charge is 0.466 e. The number of alkyl halides is 9. The highest BCUT2D eigenvalue weighted by molar-refractivity contribution is 4.99. The van der Waals surface area contributed by atoms with Crippen molar-refractivity contribution in [2.24, 2.45) is 0 Å². The molecule has 0 aliphatic heterocycles. The molecule has 0 aromatic heterocycles. The first-order valence-electron chi connectivity index (χ1n) is 4.67. The van der Waals surface area contributed by atoms with E-state index < -0.39 is 49.7 Å². The van der Waals surface area contributed by atoms with E-state index in [2.05, 4.69) is 9.47 Å². The van der Waals surface area contributed by atoms with Crippen molar-refractivity contribution in [2.45, 2.75) is 24.6 Å². The lowest BCUT2D eigenvalue weighted by Gasteiger charge is -2.22. The van der Waals surface area contributed by atoms with Crippen LogP contribution in [0.4, 0.5) is 48.3 Å². The lowest BCUT2D eigenvalue weighted by atomic mass is 10.3. The predicted molar refractivity (Wildman–Crippen MR) is 43.1 cm³/mol. The Labute approximate surface area is 109 Å². The summed E-state index contributed by atoms with van der Waals surface area (Å²) in [5, 5.41) is 0. The number of hydrogen-bond donors (Lipinski definition) is 0. The van der Waals surface area contributed by atoms with E-state index >= 15 is 0 Å². The quantitative estimate of drug-likeness (QED) is 0.410. The Bertz CT molecular complexity index is 369. The van der Waals surface area contributed by atoms with Crippen LogP contribution >= 0.6 is 0 Å². The van der Waals surface area contributed by atoms with Gasteiger partial charge in [0.15, 0.2) is 0 Å². The summed E-state index contributed by atoms with van der Waals surface area (Å²) in [7, 11) is 0. The summed E-state index contributed by atoms with van der Waals surface area (Å²) in [4.78, 5) is 0. The molecule has 0 heterocycles. The topological polar surface area (TPSA) is 18.5 Å². The number of rotatable bonds is 6. The van der Waals surface area contributed by atoms with Crippen LogP contribution in [0.1, 0.15) is 0 Å². The van der Waals surface area contributed by atoms with Gasteiger partial charge in [-0.15, -0.1) is 0 Å². The first-order valence-corrected chi connectivity index (χ1v) is 4.67. The average molecular weight is 342 g/mol. The predicted octanol–water partition coefficient (Wildman–Crippen LogP) is 4.18. The molecule has 0 saturated carbocycles.